The van der Waals surface area contributed by atoms with E-state index in [0.717, 1.165) is 12.1 Å². The minimum Gasteiger partial charge on any atom is -0.310 e. The normalized spacial score (nSPS) is 19.1. The lowest BCUT2D eigenvalue weighted by molar-refractivity contribution is 0.329. The molecule has 0 heterocycles. The van der Waals surface area contributed by atoms with Crippen molar-refractivity contribution in [2.75, 3.05) is 6.54 Å². The smallest absolute Gasteiger partial charge is 0.123 e. The summed E-state index contributed by atoms with van der Waals surface area (Å²) in [4.78, 5) is 0. The molecule has 3 heteroatoms. The molecule has 1 aliphatic rings. The van der Waals surface area contributed by atoms with Gasteiger partial charge in [0.15, 0.2) is 0 Å². The van der Waals surface area contributed by atoms with Crippen LogP contribution in [0.2, 0.25) is 5.02 Å². The molecule has 1 saturated carbocycles. The van der Waals surface area contributed by atoms with Crippen LogP contribution in [-0.2, 0) is 0 Å². The highest BCUT2D eigenvalue weighted by molar-refractivity contribution is 6.31. The van der Waals surface area contributed by atoms with Gasteiger partial charge in [-0.3, -0.25) is 0 Å². The van der Waals surface area contributed by atoms with E-state index in [9.17, 15) is 4.39 Å². The molecule has 0 aromatic heterocycles. The maximum Gasteiger partial charge on any atom is 0.123 e. The molecular weight excluding hydrogens is 261 g/mol. The molecule has 2 rings (SSSR count). The van der Waals surface area contributed by atoms with Crippen molar-refractivity contribution in [1.82, 2.24) is 5.32 Å². The molecule has 0 aliphatic heterocycles. The molecule has 1 aromatic carbocycles. The van der Waals surface area contributed by atoms with E-state index in [1.165, 1.54) is 44.6 Å². The van der Waals surface area contributed by atoms with E-state index >= 15 is 0 Å². The van der Waals surface area contributed by atoms with Crippen molar-refractivity contribution in [2.24, 2.45) is 5.92 Å². The van der Waals surface area contributed by atoms with E-state index in [1.54, 1.807) is 12.1 Å². The van der Waals surface area contributed by atoms with Gasteiger partial charge < -0.3 is 5.32 Å². The Hall–Kier alpha value is -0.600. The van der Waals surface area contributed by atoms with Crippen molar-refractivity contribution in [3.63, 3.8) is 0 Å². The monoisotopic (exact) mass is 283 g/mol. The van der Waals surface area contributed by atoms with E-state index in [1.807, 2.05) is 0 Å². The molecule has 1 aliphatic carbocycles. The first-order valence-corrected chi connectivity index (χ1v) is 7.78. The van der Waals surface area contributed by atoms with Gasteiger partial charge in [-0.15, -0.1) is 0 Å². The Morgan fingerprint density at radius 3 is 2.58 bits per heavy atom. The quantitative estimate of drug-likeness (QED) is 0.758. The lowest BCUT2D eigenvalue weighted by Crippen LogP contribution is -2.28. The van der Waals surface area contributed by atoms with Crippen molar-refractivity contribution < 1.29 is 4.39 Å². The third-order valence-electron chi connectivity index (χ3n) is 4.09. The predicted octanol–water partition coefficient (Wildman–Crippen LogP) is 5.10. The van der Waals surface area contributed by atoms with Gasteiger partial charge in [0, 0.05) is 11.1 Å². The van der Waals surface area contributed by atoms with Gasteiger partial charge in [-0.1, -0.05) is 44.2 Å². The van der Waals surface area contributed by atoms with Gasteiger partial charge >= 0.3 is 0 Å². The van der Waals surface area contributed by atoms with Crippen molar-refractivity contribution in [2.45, 2.75) is 51.5 Å². The number of nitrogens with one attached hydrogen (secondary N) is 1. The number of rotatable bonds is 4. The number of hydrogen-bond donors (Lipinski definition) is 1. The Balaban J connectivity index is 2.24. The molecule has 0 spiro atoms. The second kappa shape index (κ2) is 7.25. The maximum atomic E-state index is 13.5. The minimum atomic E-state index is -0.198. The summed E-state index contributed by atoms with van der Waals surface area (Å²) < 4.78 is 13.5. The largest absolute Gasteiger partial charge is 0.310 e. The summed E-state index contributed by atoms with van der Waals surface area (Å²) in [6.07, 6.45) is 7.63. The lowest BCUT2D eigenvalue weighted by atomic mass is 9.87. The van der Waals surface area contributed by atoms with Crippen molar-refractivity contribution in [3.05, 3.63) is 34.6 Å². The summed E-state index contributed by atoms with van der Waals surface area (Å²) in [5, 5.41) is 4.19. The fourth-order valence-electron chi connectivity index (χ4n) is 3.15. The summed E-state index contributed by atoms with van der Waals surface area (Å²) in [7, 11) is 0. The standard InChI is InChI=1S/C16H23ClFN/c1-2-19-16(12-7-5-3-4-6-8-12)14-11-13(18)9-10-15(14)17/h9-12,16,19H,2-8H2,1H3. The average molecular weight is 284 g/mol. The first-order chi connectivity index (χ1) is 9.22. The zero-order chi connectivity index (χ0) is 13.7. The Morgan fingerprint density at radius 1 is 1.26 bits per heavy atom. The van der Waals surface area contributed by atoms with Gasteiger partial charge in [0.05, 0.1) is 0 Å². The molecule has 0 saturated heterocycles. The fraction of sp³-hybridized carbons (Fsp3) is 0.625. The summed E-state index contributed by atoms with van der Waals surface area (Å²) >= 11 is 6.28. The third kappa shape index (κ3) is 3.93. The molecule has 19 heavy (non-hydrogen) atoms. The van der Waals surface area contributed by atoms with Crippen LogP contribution < -0.4 is 5.32 Å². The van der Waals surface area contributed by atoms with Crippen LogP contribution in [0.5, 0.6) is 0 Å². The van der Waals surface area contributed by atoms with Crippen LogP contribution in [0.4, 0.5) is 4.39 Å². The molecule has 1 unspecified atom stereocenters. The zero-order valence-electron chi connectivity index (χ0n) is 11.6. The van der Waals surface area contributed by atoms with E-state index in [-0.39, 0.29) is 11.9 Å². The van der Waals surface area contributed by atoms with E-state index < -0.39 is 0 Å². The van der Waals surface area contributed by atoms with E-state index in [2.05, 4.69) is 12.2 Å². The Labute approximate surface area is 120 Å². The molecule has 1 aromatic rings. The predicted molar refractivity (Wildman–Crippen MR) is 79.0 cm³/mol. The van der Waals surface area contributed by atoms with Crippen LogP contribution in [0.1, 0.15) is 57.1 Å². The second-order valence-electron chi connectivity index (χ2n) is 5.45. The summed E-state index contributed by atoms with van der Waals surface area (Å²) in [5.74, 6) is 0.373. The Morgan fingerprint density at radius 2 is 1.95 bits per heavy atom. The molecular formula is C16H23ClFN. The van der Waals surface area contributed by atoms with Gasteiger partial charge in [-0.25, -0.2) is 4.39 Å². The fourth-order valence-corrected chi connectivity index (χ4v) is 3.38. The highest BCUT2D eigenvalue weighted by Gasteiger charge is 2.25. The summed E-state index contributed by atoms with van der Waals surface area (Å²) in [6, 6.07) is 4.89. The van der Waals surface area contributed by atoms with Crippen LogP contribution in [0.25, 0.3) is 0 Å². The molecule has 0 radical (unpaired) electrons. The maximum absolute atomic E-state index is 13.5. The van der Waals surface area contributed by atoms with Gasteiger partial charge in [0.1, 0.15) is 5.82 Å². The highest BCUT2D eigenvalue weighted by Crippen LogP contribution is 2.36. The first-order valence-electron chi connectivity index (χ1n) is 7.40. The van der Waals surface area contributed by atoms with Gasteiger partial charge in [0.25, 0.3) is 0 Å². The molecule has 106 valence electrons. The molecule has 1 atom stereocenters. The van der Waals surface area contributed by atoms with Crippen molar-refractivity contribution in [3.8, 4) is 0 Å². The van der Waals surface area contributed by atoms with Crippen LogP contribution in [-0.4, -0.2) is 6.54 Å². The number of halogens is 2. The van der Waals surface area contributed by atoms with Crippen molar-refractivity contribution >= 4 is 11.6 Å². The van der Waals surface area contributed by atoms with E-state index in [0.29, 0.717) is 10.9 Å². The minimum absolute atomic E-state index is 0.186. The molecule has 0 bridgehead atoms. The number of hydrogen-bond acceptors (Lipinski definition) is 1. The number of benzene rings is 1. The van der Waals surface area contributed by atoms with E-state index in [4.69, 9.17) is 11.6 Å². The molecule has 1 nitrogen and oxygen atoms in total. The molecule has 0 amide bonds. The lowest BCUT2D eigenvalue weighted by Gasteiger charge is -2.28. The second-order valence-corrected chi connectivity index (χ2v) is 5.86. The Kier molecular flexibility index (Phi) is 5.65. The topological polar surface area (TPSA) is 12.0 Å². The molecule has 1 N–H and O–H groups in total. The van der Waals surface area contributed by atoms with Gasteiger partial charge in [-0.05, 0) is 49.1 Å². The summed E-state index contributed by atoms with van der Waals surface area (Å²) in [6.45, 7) is 2.98. The Bertz CT molecular complexity index is 400. The zero-order valence-corrected chi connectivity index (χ0v) is 12.3. The molecule has 1 fully saturated rings. The average Bonchev–Trinajstić information content (AvgIpc) is 2.68. The van der Waals surface area contributed by atoms with Gasteiger partial charge in [-0.2, -0.15) is 0 Å². The van der Waals surface area contributed by atoms with Crippen LogP contribution in [0.15, 0.2) is 18.2 Å². The highest BCUT2D eigenvalue weighted by atomic mass is 35.5. The third-order valence-corrected chi connectivity index (χ3v) is 4.43. The van der Waals surface area contributed by atoms with Crippen molar-refractivity contribution in [1.29, 1.82) is 0 Å². The van der Waals surface area contributed by atoms with Crippen LogP contribution in [0, 0.1) is 11.7 Å². The van der Waals surface area contributed by atoms with Gasteiger partial charge in [0.2, 0.25) is 0 Å². The van der Waals surface area contributed by atoms with Crippen LogP contribution >= 0.6 is 11.6 Å². The summed E-state index contributed by atoms with van der Waals surface area (Å²) in [5.41, 5.74) is 0.926. The first kappa shape index (κ1) is 14.8. The SMILES string of the molecule is CCNC(c1cc(F)ccc1Cl)C1CCCCCC1. The van der Waals surface area contributed by atoms with Crippen LogP contribution in [0.3, 0.4) is 0 Å².